The average Bonchev–Trinajstić information content (AvgIpc) is 3.12. The van der Waals surface area contributed by atoms with Crippen molar-refractivity contribution in [3.8, 4) is 5.75 Å². The van der Waals surface area contributed by atoms with E-state index in [2.05, 4.69) is 56.8 Å². The molecule has 0 bridgehead atoms. The van der Waals surface area contributed by atoms with Crippen LogP contribution in [0.15, 0.2) is 70.1 Å². The molecule has 4 rings (SSSR count). The zero-order valence-corrected chi connectivity index (χ0v) is 25.1. The third kappa shape index (κ3) is 5.37. The summed E-state index contributed by atoms with van der Waals surface area (Å²) in [6.45, 7) is 9.92. The molecule has 1 aromatic heterocycles. The van der Waals surface area contributed by atoms with E-state index in [0.717, 1.165) is 29.6 Å². The van der Waals surface area contributed by atoms with Gasteiger partial charge in [-0.3, -0.25) is 9.36 Å². The van der Waals surface area contributed by atoms with Gasteiger partial charge >= 0.3 is 5.97 Å². The second kappa shape index (κ2) is 11.4. The van der Waals surface area contributed by atoms with E-state index in [4.69, 9.17) is 9.47 Å². The number of hydrogen-bond acceptors (Lipinski definition) is 6. The lowest BCUT2D eigenvalue weighted by Gasteiger charge is -2.24. The van der Waals surface area contributed by atoms with Gasteiger partial charge in [-0.1, -0.05) is 53.8 Å². The molecule has 1 atom stereocenters. The molecule has 1 aliphatic rings. The number of allylic oxidation sites excluding steroid dienone is 1. The second-order valence-electron chi connectivity index (χ2n) is 8.13. The van der Waals surface area contributed by atoms with Crippen LogP contribution in [0.3, 0.4) is 0 Å². The zero-order valence-electron chi connectivity index (χ0n) is 20.0. The maximum Gasteiger partial charge on any atom is 0.338 e. The van der Waals surface area contributed by atoms with Crippen LogP contribution in [0, 0.1) is 14.1 Å². The molecule has 0 aliphatic carbocycles. The summed E-state index contributed by atoms with van der Waals surface area (Å²) >= 11 is 5.78. The van der Waals surface area contributed by atoms with Crippen molar-refractivity contribution in [3.05, 3.63) is 104 Å². The molecule has 2 heterocycles. The van der Waals surface area contributed by atoms with Gasteiger partial charge < -0.3 is 9.47 Å². The number of aryl methyl sites for hydroxylation is 1. The largest absolute Gasteiger partial charge is 0.487 e. The number of rotatable bonds is 7. The third-order valence-electron chi connectivity index (χ3n) is 5.57. The number of carbonyl (C=O) groups is 1. The minimum absolute atomic E-state index is 0.198. The minimum atomic E-state index is -0.613. The van der Waals surface area contributed by atoms with Crippen molar-refractivity contribution >= 4 is 68.6 Å². The molecule has 0 N–H and O–H groups in total. The molecule has 6 nitrogen and oxygen atoms in total. The molecule has 186 valence electrons. The summed E-state index contributed by atoms with van der Waals surface area (Å²) in [5, 5.41) is 0. The summed E-state index contributed by atoms with van der Waals surface area (Å²) in [5.74, 6) is 0.335. The van der Waals surface area contributed by atoms with Gasteiger partial charge in [0.15, 0.2) is 4.80 Å². The van der Waals surface area contributed by atoms with E-state index in [0.29, 0.717) is 27.2 Å². The van der Waals surface area contributed by atoms with Gasteiger partial charge in [-0.2, -0.15) is 0 Å². The van der Waals surface area contributed by atoms with Crippen molar-refractivity contribution in [3.63, 3.8) is 0 Å². The van der Waals surface area contributed by atoms with E-state index >= 15 is 0 Å². The summed E-state index contributed by atoms with van der Waals surface area (Å²) in [4.78, 5) is 31.9. The molecular formula is C27H24I2N2O4S. The molecule has 0 saturated carbocycles. The number of fused-ring (bicyclic) bond motifs is 1. The van der Waals surface area contributed by atoms with E-state index in [1.165, 1.54) is 11.3 Å². The summed E-state index contributed by atoms with van der Waals surface area (Å²) in [6, 6.07) is 11.2. The van der Waals surface area contributed by atoms with Gasteiger partial charge in [0.1, 0.15) is 12.4 Å². The van der Waals surface area contributed by atoms with Crippen molar-refractivity contribution in [1.82, 2.24) is 4.57 Å². The normalized spacial score (nSPS) is 15.4. The number of benzene rings is 2. The first-order valence-corrected chi connectivity index (χ1v) is 14.2. The molecule has 36 heavy (non-hydrogen) atoms. The maximum absolute atomic E-state index is 13.7. The first kappa shape index (κ1) is 26.8. The molecule has 2 aromatic carbocycles. The van der Waals surface area contributed by atoms with Crippen LogP contribution in [0.1, 0.15) is 36.6 Å². The van der Waals surface area contributed by atoms with Gasteiger partial charge in [-0.15, -0.1) is 0 Å². The van der Waals surface area contributed by atoms with Crippen LogP contribution in [-0.2, 0) is 9.53 Å². The van der Waals surface area contributed by atoms with E-state index in [9.17, 15) is 9.59 Å². The fourth-order valence-electron chi connectivity index (χ4n) is 3.95. The molecule has 0 unspecified atom stereocenters. The SMILES string of the molecule is C=CCOc1c(I)cc(/C=c2\sc3n(c2=O)[C@@H](c2ccc(C)cc2)C(C(=O)OCC)=C(C)N=3)cc1I. The van der Waals surface area contributed by atoms with Crippen molar-refractivity contribution in [2.45, 2.75) is 26.8 Å². The first-order chi connectivity index (χ1) is 17.2. The summed E-state index contributed by atoms with van der Waals surface area (Å²) < 4.78 is 15.2. The average molecular weight is 726 g/mol. The Bertz CT molecular complexity index is 1530. The Hall–Kier alpha value is -2.25. The van der Waals surface area contributed by atoms with E-state index in [1.54, 1.807) is 24.5 Å². The molecule has 0 saturated heterocycles. The molecule has 3 aromatic rings. The highest BCUT2D eigenvalue weighted by molar-refractivity contribution is 14.1. The van der Waals surface area contributed by atoms with Gasteiger partial charge in [0.25, 0.3) is 5.56 Å². The number of esters is 1. The van der Waals surface area contributed by atoms with Crippen LogP contribution < -0.4 is 19.6 Å². The Morgan fingerprint density at radius 2 is 1.86 bits per heavy atom. The topological polar surface area (TPSA) is 69.9 Å². The number of aromatic nitrogens is 1. The van der Waals surface area contributed by atoms with Crippen LogP contribution in [0.4, 0.5) is 0 Å². The smallest absolute Gasteiger partial charge is 0.338 e. The Morgan fingerprint density at radius 3 is 2.47 bits per heavy atom. The Labute approximate surface area is 240 Å². The lowest BCUT2D eigenvalue weighted by atomic mass is 9.95. The zero-order chi connectivity index (χ0) is 26.0. The Morgan fingerprint density at radius 1 is 1.19 bits per heavy atom. The Balaban J connectivity index is 1.89. The molecule has 0 spiro atoms. The number of ether oxygens (including phenoxy) is 2. The van der Waals surface area contributed by atoms with Crippen molar-refractivity contribution in [1.29, 1.82) is 0 Å². The number of nitrogens with zero attached hydrogens (tertiary/aromatic N) is 2. The summed E-state index contributed by atoms with van der Waals surface area (Å²) in [7, 11) is 0. The maximum atomic E-state index is 13.7. The highest BCUT2D eigenvalue weighted by Crippen LogP contribution is 2.31. The highest BCUT2D eigenvalue weighted by atomic mass is 127. The second-order valence-corrected chi connectivity index (χ2v) is 11.5. The quantitative estimate of drug-likeness (QED) is 0.198. The fourth-order valence-corrected chi connectivity index (χ4v) is 7.12. The van der Waals surface area contributed by atoms with Crippen LogP contribution in [0.5, 0.6) is 5.75 Å². The summed E-state index contributed by atoms with van der Waals surface area (Å²) in [5.41, 5.74) is 3.55. The minimum Gasteiger partial charge on any atom is -0.487 e. The van der Waals surface area contributed by atoms with Gasteiger partial charge in [0.2, 0.25) is 0 Å². The number of thiazole rings is 1. The molecular weight excluding hydrogens is 702 g/mol. The lowest BCUT2D eigenvalue weighted by Crippen LogP contribution is -2.39. The first-order valence-electron chi connectivity index (χ1n) is 11.2. The number of hydrogen-bond donors (Lipinski definition) is 0. The standard InChI is InChI=1S/C27H24I2N2O4S/c1-5-11-35-24-19(28)12-17(13-20(24)29)14-21-25(32)31-23(18-9-7-15(3)8-10-18)22(26(33)34-6-2)16(4)30-27(31)36-21/h5,7-10,12-14,23H,1,6,11H2,2-4H3/b21-14-/t23-/m0/s1. The summed E-state index contributed by atoms with van der Waals surface area (Å²) in [6.07, 6.45) is 3.57. The number of carbonyl (C=O) groups excluding carboxylic acids is 1. The van der Waals surface area contributed by atoms with Crippen LogP contribution in [0.25, 0.3) is 6.08 Å². The highest BCUT2D eigenvalue weighted by Gasteiger charge is 2.33. The van der Waals surface area contributed by atoms with Gasteiger partial charge in [-0.25, -0.2) is 9.79 Å². The monoisotopic (exact) mass is 726 g/mol. The van der Waals surface area contributed by atoms with Crippen LogP contribution in [-0.4, -0.2) is 23.8 Å². The molecule has 9 heteroatoms. The van der Waals surface area contributed by atoms with Crippen LogP contribution >= 0.6 is 56.5 Å². The fraction of sp³-hybridized carbons (Fsp3) is 0.222. The predicted molar refractivity (Wildman–Crippen MR) is 159 cm³/mol. The van der Waals surface area contributed by atoms with Crippen molar-refractivity contribution in [2.24, 2.45) is 4.99 Å². The molecule has 0 fully saturated rings. The van der Waals surface area contributed by atoms with Crippen molar-refractivity contribution in [2.75, 3.05) is 13.2 Å². The molecule has 0 radical (unpaired) electrons. The lowest BCUT2D eigenvalue weighted by molar-refractivity contribution is -0.139. The molecule has 1 aliphatic heterocycles. The van der Waals surface area contributed by atoms with Gasteiger partial charge in [-0.05, 0) is 95.3 Å². The third-order valence-corrected chi connectivity index (χ3v) is 8.16. The Kier molecular flexibility index (Phi) is 8.51. The van der Waals surface area contributed by atoms with Gasteiger partial charge in [0.05, 0.1) is 35.6 Å². The van der Waals surface area contributed by atoms with E-state index < -0.39 is 12.0 Å². The van der Waals surface area contributed by atoms with E-state index in [1.807, 2.05) is 49.4 Å². The predicted octanol–water partition coefficient (Wildman–Crippen LogP) is 4.88. The number of halogens is 2. The van der Waals surface area contributed by atoms with Crippen LogP contribution in [0.2, 0.25) is 0 Å². The van der Waals surface area contributed by atoms with E-state index in [-0.39, 0.29) is 12.2 Å². The molecule has 0 amide bonds. The van der Waals surface area contributed by atoms with Crippen molar-refractivity contribution < 1.29 is 14.3 Å². The van der Waals surface area contributed by atoms with Gasteiger partial charge in [0, 0.05) is 0 Å².